The van der Waals surface area contributed by atoms with Crippen molar-refractivity contribution in [3.8, 4) is 5.75 Å². The summed E-state index contributed by atoms with van der Waals surface area (Å²) in [5, 5.41) is 2.54. The first-order valence-electron chi connectivity index (χ1n) is 6.60. The van der Waals surface area contributed by atoms with Crippen LogP contribution in [0.3, 0.4) is 0 Å². The van der Waals surface area contributed by atoms with Gasteiger partial charge in [0.25, 0.3) is 0 Å². The van der Waals surface area contributed by atoms with Crippen LogP contribution in [0.2, 0.25) is 0 Å². The number of hydrogen-bond donors (Lipinski definition) is 0. The van der Waals surface area contributed by atoms with Gasteiger partial charge in [-0.3, -0.25) is 0 Å². The van der Waals surface area contributed by atoms with E-state index < -0.39 is 0 Å². The second-order valence-electron chi connectivity index (χ2n) is 5.91. The molecule has 0 amide bonds. The SMILES string of the molecule is COc1ccc2c(c1)c1ccccc1n2C(C)(C)C. The first kappa shape index (κ1) is 12.1. The number of fused-ring (bicyclic) bond motifs is 3. The summed E-state index contributed by atoms with van der Waals surface area (Å²) in [6, 6.07) is 14.9. The Morgan fingerprint density at radius 1 is 0.895 bits per heavy atom. The van der Waals surface area contributed by atoms with Crippen molar-refractivity contribution < 1.29 is 4.74 Å². The molecule has 98 valence electrons. The number of rotatable bonds is 1. The molecule has 0 fully saturated rings. The molecule has 0 radical (unpaired) electrons. The van der Waals surface area contributed by atoms with E-state index in [-0.39, 0.29) is 5.54 Å². The number of nitrogens with zero attached hydrogens (tertiary/aromatic N) is 1. The normalized spacial score (nSPS) is 12.2. The van der Waals surface area contributed by atoms with E-state index in [1.54, 1.807) is 7.11 Å². The van der Waals surface area contributed by atoms with Crippen LogP contribution in [0.5, 0.6) is 5.75 Å². The number of ether oxygens (including phenoxy) is 1. The van der Waals surface area contributed by atoms with Crippen LogP contribution in [-0.2, 0) is 5.54 Å². The molecule has 0 bridgehead atoms. The molecule has 2 aromatic carbocycles. The highest BCUT2D eigenvalue weighted by molar-refractivity contribution is 6.08. The summed E-state index contributed by atoms with van der Waals surface area (Å²) in [6.07, 6.45) is 0. The van der Waals surface area contributed by atoms with Crippen molar-refractivity contribution in [3.05, 3.63) is 42.5 Å². The van der Waals surface area contributed by atoms with Crippen molar-refractivity contribution in [3.63, 3.8) is 0 Å². The maximum absolute atomic E-state index is 5.36. The third-order valence-electron chi connectivity index (χ3n) is 3.55. The smallest absolute Gasteiger partial charge is 0.119 e. The molecule has 0 saturated carbocycles. The number of benzene rings is 2. The second-order valence-corrected chi connectivity index (χ2v) is 5.91. The Balaban J connectivity index is 2.51. The maximum atomic E-state index is 5.36. The van der Waals surface area contributed by atoms with E-state index in [0.29, 0.717) is 0 Å². The van der Waals surface area contributed by atoms with Crippen LogP contribution in [0.15, 0.2) is 42.5 Å². The monoisotopic (exact) mass is 253 g/mol. The average Bonchev–Trinajstić information content (AvgIpc) is 2.72. The lowest BCUT2D eigenvalue weighted by Gasteiger charge is -2.24. The minimum atomic E-state index is 0.0515. The van der Waals surface area contributed by atoms with Crippen LogP contribution in [-0.4, -0.2) is 11.7 Å². The van der Waals surface area contributed by atoms with Gasteiger partial charge in [-0.15, -0.1) is 0 Å². The molecule has 0 spiro atoms. The summed E-state index contributed by atoms with van der Waals surface area (Å²) in [5.74, 6) is 0.907. The molecular weight excluding hydrogens is 234 g/mol. The highest BCUT2D eigenvalue weighted by atomic mass is 16.5. The lowest BCUT2D eigenvalue weighted by molar-refractivity contribution is 0.414. The summed E-state index contributed by atoms with van der Waals surface area (Å²) < 4.78 is 7.76. The predicted molar refractivity (Wildman–Crippen MR) is 81.0 cm³/mol. The first-order valence-corrected chi connectivity index (χ1v) is 6.60. The van der Waals surface area contributed by atoms with Crippen LogP contribution in [0.25, 0.3) is 21.8 Å². The van der Waals surface area contributed by atoms with Crippen LogP contribution in [0, 0.1) is 0 Å². The zero-order valence-electron chi connectivity index (χ0n) is 11.9. The standard InChI is InChI=1S/C17H19NO/c1-17(2,3)18-15-8-6-5-7-13(15)14-11-12(19-4)9-10-16(14)18/h5-11H,1-4H3. The van der Waals surface area contributed by atoms with E-state index in [9.17, 15) is 0 Å². The van der Waals surface area contributed by atoms with Crippen molar-refractivity contribution in [1.82, 2.24) is 4.57 Å². The quantitative estimate of drug-likeness (QED) is 0.620. The largest absolute Gasteiger partial charge is 0.497 e. The molecule has 0 aliphatic heterocycles. The van der Waals surface area contributed by atoms with E-state index in [2.05, 4.69) is 61.7 Å². The highest BCUT2D eigenvalue weighted by Crippen LogP contribution is 2.35. The Hall–Kier alpha value is -1.96. The minimum Gasteiger partial charge on any atom is -0.497 e. The molecule has 2 heteroatoms. The van der Waals surface area contributed by atoms with Crippen molar-refractivity contribution in [2.45, 2.75) is 26.3 Å². The van der Waals surface area contributed by atoms with Crippen molar-refractivity contribution >= 4 is 21.8 Å². The van der Waals surface area contributed by atoms with Gasteiger partial charge in [0.05, 0.1) is 7.11 Å². The van der Waals surface area contributed by atoms with Crippen molar-refractivity contribution in [1.29, 1.82) is 0 Å². The lowest BCUT2D eigenvalue weighted by atomic mass is 10.1. The zero-order valence-corrected chi connectivity index (χ0v) is 11.9. The zero-order chi connectivity index (χ0) is 13.6. The van der Waals surface area contributed by atoms with Crippen molar-refractivity contribution in [2.75, 3.05) is 7.11 Å². The van der Waals surface area contributed by atoms with Gasteiger partial charge in [0, 0.05) is 27.3 Å². The molecule has 1 heterocycles. The van der Waals surface area contributed by atoms with Gasteiger partial charge in [-0.05, 0) is 45.0 Å². The molecule has 3 aromatic rings. The van der Waals surface area contributed by atoms with Crippen LogP contribution >= 0.6 is 0 Å². The topological polar surface area (TPSA) is 14.2 Å². The second kappa shape index (κ2) is 4.02. The summed E-state index contributed by atoms with van der Waals surface area (Å²) >= 11 is 0. The number of aromatic nitrogens is 1. The van der Waals surface area contributed by atoms with E-state index in [1.807, 2.05) is 6.07 Å². The number of methoxy groups -OCH3 is 1. The van der Waals surface area contributed by atoms with Gasteiger partial charge >= 0.3 is 0 Å². The van der Waals surface area contributed by atoms with Gasteiger partial charge in [-0.25, -0.2) is 0 Å². The molecule has 0 saturated heterocycles. The van der Waals surface area contributed by atoms with Gasteiger partial charge in [0.2, 0.25) is 0 Å². The molecule has 0 aliphatic carbocycles. The van der Waals surface area contributed by atoms with Gasteiger partial charge in [0.15, 0.2) is 0 Å². The Bertz CT molecular complexity index is 747. The van der Waals surface area contributed by atoms with Gasteiger partial charge in [-0.2, -0.15) is 0 Å². The highest BCUT2D eigenvalue weighted by Gasteiger charge is 2.20. The molecule has 2 nitrogen and oxygen atoms in total. The fourth-order valence-corrected chi connectivity index (χ4v) is 2.80. The third kappa shape index (κ3) is 1.79. The Morgan fingerprint density at radius 2 is 1.58 bits per heavy atom. The van der Waals surface area contributed by atoms with E-state index in [1.165, 1.54) is 21.8 Å². The number of para-hydroxylation sites is 1. The van der Waals surface area contributed by atoms with Crippen LogP contribution in [0.1, 0.15) is 20.8 Å². The van der Waals surface area contributed by atoms with E-state index >= 15 is 0 Å². The Kier molecular flexibility index (Phi) is 2.56. The molecule has 3 rings (SSSR count). The van der Waals surface area contributed by atoms with Gasteiger partial charge in [-0.1, -0.05) is 18.2 Å². The van der Waals surface area contributed by atoms with Crippen LogP contribution < -0.4 is 4.74 Å². The summed E-state index contributed by atoms with van der Waals surface area (Å²) in [5.41, 5.74) is 2.59. The maximum Gasteiger partial charge on any atom is 0.119 e. The summed E-state index contributed by atoms with van der Waals surface area (Å²) in [7, 11) is 1.71. The molecule has 0 unspecified atom stereocenters. The Morgan fingerprint density at radius 3 is 2.26 bits per heavy atom. The molecule has 1 aromatic heterocycles. The molecule has 19 heavy (non-hydrogen) atoms. The lowest BCUT2D eigenvalue weighted by Crippen LogP contribution is -2.21. The fraction of sp³-hybridized carbons (Fsp3) is 0.294. The molecule has 0 atom stereocenters. The fourth-order valence-electron chi connectivity index (χ4n) is 2.80. The Labute approximate surface area is 113 Å². The first-order chi connectivity index (χ1) is 9.02. The van der Waals surface area contributed by atoms with Gasteiger partial charge < -0.3 is 9.30 Å². The predicted octanol–water partition coefficient (Wildman–Crippen LogP) is 4.56. The summed E-state index contributed by atoms with van der Waals surface area (Å²) in [6.45, 7) is 6.72. The molecule has 0 aliphatic rings. The van der Waals surface area contributed by atoms with Crippen LogP contribution in [0.4, 0.5) is 0 Å². The van der Waals surface area contributed by atoms with Gasteiger partial charge in [0.1, 0.15) is 5.75 Å². The minimum absolute atomic E-state index is 0.0515. The van der Waals surface area contributed by atoms with E-state index in [0.717, 1.165) is 5.75 Å². The third-order valence-corrected chi connectivity index (χ3v) is 3.55. The van der Waals surface area contributed by atoms with Crippen molar-refractivity contribution in [2.24, 2.45) is 0 Å². The average molecular weight is 253 g/mol. The number of hydrogen-bond acceptors (Lipinski definition) is 1. The molecule has 0 N–H and O–H groups in total. The molecular formula is C17H19NO. The van der Waals surface area contributed by atoms with E-state index in [4.69, 9.17) is 4.74 Å². The summed E-state index contributed by atoms with van der Waals surface area (Å²) in [4.78, 5) is 0.